The average molecular weight is 367 g/mol. The number of hydrogen-bond donors (Lipinski definition) is 0. The van der Waals surface area contributed by atoms with E-state index in [1.807, 2.05) is 4.90 Å². The maximum atomic E-state index is 12.3. The van der Waals surface area contributed by atoms with Gasteiger partial charge < -0.3 is 15.1 Å². The molecule has 1 saturated carbocycles. The Morgan fingerprint density at radius 1 is 1.14 bits per heavy atom. The Kier molecular flexibility index (Phi) is 6.21. The summed E-state index contributed by atoms with van der Waals surface area (Å²) in [5, 5.41) is 4.09. The van der Waals surface area contributed by atoms with Gasteiger partial charge in [0.15, 0.2) is 0 Å². The van der Waals surface area contributed by atoms with Gasteiger partial charge in [-0.1, -0.05) is 6.92 Å². The minimum absolute atomic E-state index is 0. The van der Waals surface area contributed by atoms with Gasteiger partial charge in [-0.2, -0.15) is 0 Å². The largest absolute Gasteiger partial charge is 0.661 e. The van der Waals surface area contributed by atoms with Crippen molar-refractivity contribution in [3.8, 4) is 0 Å². The number of amides is 2. The third-order valence-corrected chi connectivity index (χ3v) is 5.04. The number of nitrogens with zero attached hydrogens (tertiary/aromatic N) is 3. The van der Waals surface area contributed by atoms with E-state index in [1.54, 1.807) is 4.90 Å². The van der Waals surface area contributed by atoms with Gasteiger partial charge in [-0.25, -0.2) is 0 Å². The summed E-state index contributed by atoms with van der Waals surface area (Å²) in [7, 11) is 0. The van der Waals surface area contributed by atoms with Crippen LogP contribution in [-0.2, 0) is 42.3 Å². The maximum Gasteiger partial charge on any atom is 0.242 e. The Morgan fingerprint density at radius 3 is 2.33 bits per heavy atom. The zero-order valence-electron chi connectivity index (χ0n) is 12.8. The topological polar surface area (TPSA) is 54.7 Å². The van der Waals surface area contributed by atoms with Crippen molar-refractivity contribution >= 4 is 11.8 Å². The second kappa shape index (κ2) is 7.52. The predicted octanol–water partition coefficient (Wildman–Crippen LogP) is 1.24. The van der Waals surface area contributed by atoms with Gasteiger partial charge >= 0.3 is 0 Å². The van der Waals surface area contributed by atoms with Crippen LogP contribution in [0.5, 0.6) is 0 Å². The van der Waals surface area contributed by atoms with Gasteiger partial charge in [-0.15, -0.1) is 13.1 Å². The SMILES string of the molecule is CC1CCC(N2CCN(C(=O)C3C[N-]C3)CC2=O)CC1.[Y]. The summed E-state index contributed by atoms with van der Waals surface area (Å²) in [6.45, 7) is 5.28. The van der Waals surface area contributed by atoms with Crippen LogP contribution in [0, 0.1) is 11.8 Å². The van der Waals surface area contributed by atoms with Crippen LogP contribution in [-0.4, -0.2) is 60.4 Å². The summed E-state index contributed by atoms with van der Waals surface area (Å²) in [5.41, 5.74) is 0. The maximum absolute atomic E-state index is 12.3. The molecule has 3 fully saturated rings. The van der Waals surface area contributed by atoms with Crippen molar-refractivity contribution in [3.63, 3.8) is 0 Å². The fraction of sp³-hybridized carbons (Fsp3) is 0.867. The molecule has 0 aromatic carbocycles. The number of hydrogen-bond acceptors (Lipinski definition) is 2. The van der Waals surface area contributed by atoms with Crippen molar-refractivity contribution in [2.75, 3.05) is 32.7 Å². The van der Waals surface area contributed by atoms with E-state index in [-0.39, 0.29) is 57.0 Å². The van der Waals surface area contributed by atoms with Crippen LogP contribution in [0.4, 0.5) is 0 Å². The minimum atomic E-state index is 0. The number of carbonyl (C=O) groups is 2. The average Bonchev–Trinajstić information content (AvgIpc) is 2.38. The molecule has 1 radical (unpaired) electrons. The van der Waals surface area contributed by atoms with E-state index < -0.39 is 0 Å². The molecule has 115 valence electrons. The molecule has 5 nitrogen and oxygen atoms in total. The molecule has 21 heavy (non-hydrogen) atoms. The number of piperazine rings is 1. The van der Waals surface area contributed by atoms with Gasteiger partial charge in [0.05, 0.1) is 6.54 Å². The van der Waals surface area contributed by atoms with Crippen LogP contribution in [0.1, 0.15) is 32.6 Å². The van der Waals surface area contributed by atoms with Crippen molar-refractivity contribution in [2.24, 2.45) is 11.8 Å². The van der Waals surface area contributed by atoms with Crippen LogP contribution < -0.4 is 0 Å². The molecule has 3 aliphatic rings. The molecule has 2 saturated heterocycles. The van der Waals surface area contributed by atoms with Gasteiger partial charge in [0.2, 0.25) is 11.8 Å². The number of carbonyl (C=O) groups excluding carboxylic acids is 2. The van der Waals surface area contributed by atoms with E-state index in [2.05, 4.69) is 12.2 Å². The molecule has 2 aliphatic heterocycles. The van der Waals surface area contributed by atoms with Crippen LogP contribution in [0.2, 0.25) is 0 Å². The first-order valence-corrected chi connectivity index (χ1v) is 7.86. The summed E-state index contributed by atoms with van der Waals surface area (Å²) < 4.78 is 0. The molecule has 3 rings (SSSR count). The van der Waals surface area contributed by atoms with Crippen molar-refractivity contribution in [3.05, 3.63) is 5.32 Å². The zero-order chi connectivity index (χ0) is 14.1. The summed E-state index contributed by atoms with van der Waals surface area (Å²) in [5.74, 6) is 1.11. The Labute approximate surface area is 152 Å². The van der Waals surface area contributed by atoms with Crippen molar-refractivity contribution in [1.82, 2.24) is 9.80 Å². The van der Waals surface area contributed by atoms with E-state index in [0.717, 1.165) is 18.8 Å². The van der Waals surface area contributed by atoms with Gasteiger partial charge in [0.1, 0.15) is 0 Å². The molecule has 0 aromatic heterocycles. The molecule has 0 aromatic rings. The van der Waals surface area contributed by atoms with Gasteiger partial charge in [-0.05, 0) is 31.6 Å². The van der Waals surface area contributed by atoms with Gasteiger partial charge in [0.25, 0.3) is 0 Å². The van der Waals surface area contributed by atoms with E-state index in [0.29, 0.717) is 32.2 Å². The molecule has 6 heteroatoms. The van der Waals surface area contributed by atoms with Crippen LogP contribution in [0.3, 0.4) is 0 Å². The molecule has 0 atom stereocenters. The Balaban J connectivity index is 0.00000161. The number of rotatable bonds is 2. The van der Waals surface area contributed by atoms with Crippen LogP contribution in [0.25, 0.3) is 5.32 Å². The van der Waals surface area contributed by atoms with Crippen molar-refractivity contribution in [2.45, 2.75) is 38.6 Å². The van der Waals surface area contributed by atoms with Gasteiger partial charge in [0, 0.05) is 57.8 Å². The first kappa shape index (κ1) is 17.4. The monoisotopic (exact) mass is 367 g/mol. The Morgan fingerprint density at radius 2 is 1.81 bits per heavy atom. The van der Waals surface area contributed by atoms with E-state index in [9.17, 15) is 9.59 Å². The molecule has 0 bridgehead atoms. The second-order valence-corrected chi connectivity index (χ2v) is 6.55. The summed E-state index contributed by atoms with van der Waals surface area (Å²) in [6.07, 6.45) is 4.70. The molecular weight excluding hydrogens is 343 g/mol. The fourth-order valence-corrected chi connectivity index (χ4v) is 3.49. The summed E-state index contributed by atoms with van der Waals surface area (Å²) in [4.78, 5) is 28.2. The third kappa shape index (κ3) is 3.86. The van der Waals surface area contributed by atoms with E-state index >= 15 is 0 Å². The smallest absolute Gasteiger partial charge is 0.242 e. The zero-order valence-corrected chi connectivity index (χ0v) is 15.7. The molecule has 0 unspecified atom stereocenters. The van der Waals surface area contributed by atoms with Crippen LogP contribution in [0.15, 0.2) is 0 Å². The van der Waals surface area contributed by atoms with Crippen molar-refractivity contribution < 1.29 is 42.3 Å². The molecule has 2 amide bonds. The van der Waals surface area contributed by atoms with Crippen LogP contribution >= 0.6 is 0 Å². The molecule has 1 aliphatic carbocycles. The molecule has 0 N–H and O–H groups in total. The predicted molar refractivity (Wildman–Crippen MR) is 76.3 cm³/mol. The fourth-order valence-electron chi connectivity index (χ4n) is 3.49. The summed E-state index contributed by atoms with van der Waals surface area (Å²) in [6, 6.07) is 0.412. The van der Waals surface area contributed by atoms with E-state index in [1.165, 1.54) is 12.8 Å². The summed E-state index contributed by atoms with van der Waals surface area (Å²) >= 11 is 0. The molecular formula is C15H24N3O2Y-. The normalized spacial score (nSPS) is 30.6. The first-order chi connectivity index (χ1) is 9.65. The Bertz CT molecular complexity index is 392. The van der Waals surface area contributed by atoms with Gasteiger partial charge in [-0.3, -0.25) is 9.59 Å². The molecule has 2 heterocycles. The Hall–Kier alpha value is 0.00390. The molecule has 0 spiro atoms. The third-order valence-electron chi connectivity index (χ3n) is 5.04. The van der Waals surface area contributed by atoms with Crippen molar-refractivity contribution in [1.29, 1.82) is 0 Å². The quantitative estimate of drug-likeness (QED) is 0.738. The first-order valence-electron chi connectivity index (χ1n) is 7.86. The van der Waals surface area contributed by atoms with E-state index in [4.69, 9.17) is 0 Å². The minimum Gasteiger partial charge on any atom is -0.661 e. The standard InChI is InChI=1S/C15H24N3O2.Y/c1-11-2-4-13(5-3-11)18-7-6-17(10-14(18)19)15(20)12-8-16-9-12;/h11-13H,2-10H2,1H3;/q-1;. The second-order valence-electron chi connectivity index (χ2n) is 6.55.